The molecule has 0 radical (unpaired) electrons. The van der Waals surface area contributed by atoms with E-state index in [1.165, 1.54) is 7.11 Å². The smallest absolute Gasteiger partial charge is 0.244 e. The van der Waals surface area contributed by atoms with E-state index in [4.69, 9.17) is 9.47 Å². The number of anilines is 1. The molecule has 1 aliphatic rings. The first-order valence-corrected chi connectivity index (χ1v) is 8.03. The number of hydrogen-bond donors (Lipinski definition) is 2. The van der Waals surface area contributed by atoms with Crippen molar-refractivity contribution in [1.82, 2.24) is 0 Å². The number of fused-ring (bicyclic) bond motifs is 1. The average molecular weight is 391 g/mol. The number of benzene rings is 2. The summed E-state index contributed by atoms with van der Waals surface area (Å²) in [5.41, 5.74) is 1.46. The second-order valence-corrected chi connectivity index (χ2v) is 6.16. The van der Waals surface area contributed by atoms with E-state index in [1.807, 2.05) is 24.3 Å². The lowest BCUT2D eigenvalue weighted by molar-refractivity contribution is -0.118. The third kappa shape index (κ3) is 3.21. The van der Waals surface area contributed by atoms with Crippen molar-refractivity contribution in [3.05, 3.63) is 52.5 Å². The highest BCUT2D eigenvalue weighted by Gasteiger charge is 2.34. The number of halogens is 1. The topological polar surface area (TPSA) is 80.2 Å². The number of carbonyl (C=O) groups is 1. The molecule has 0 saturated heterocycles. The summed E-state index contributed by atoms with van der Waals surface area (Å²) in [5.74, 6) is -0.0961. The van der Waals surface area contributed by atoms with Crippen LogP contribution in [0, 0.1) is 5.92 Å². The van der Waals surface area contributed by atoms with Gasteiger partial charge in [0.15, 0.2) is 11.5 Å². The lowest BCUT2D eigenvalue weighted by Crippen LogP contribution is -2.37. The maximum absolute atomic E-state index is 12.6. The molecule has 1 amide bonds. The molecule has 24 heavy (non-hydrogen) atoms. The number of methoxy groups -OCH3 is 1. The fourth-order valence-corrected chi connectivity index (χ4v) is 2.97. The number of ether oxygens (including phenoxy) is 2. The van der Waals surface area contributed by atoms with Crippen molar-refractivity contribution in [2.24, 2.45) is 11.1 Å². The van der Waals surface area contributed by atoms with Gasteiger partial charge >= 0.3 is 0 Å². The first-order valence-electron chi connectivity index (χ1n) is 7.24. The van der Waals surface area contributed by atoms with Crippen molar-refractivity contribution in [2.75, 3.05) is 12.4 Å². The quantitative estimate of drug-likeness (QED) is 0.621. The van der Waals surface area contributed by atoms with Crippen LogP contribution in [0.15, 0.2) is 52.1 Å². The second-order valence-electron chi connectivity index (χ2n) is 5.25. The Kier molecular flexibility index (Phi) is 4.71. The molecule has 1 heterocycles. The molecular weight excluding hydrogens is 376 g/mol. The maximum Gasteiger partial charge on any atom is 0.244 e. The van der Waals surface area contributed by atoms with Crippen LogP contribution in [0.1, 0.15) is 5.56 Å². The van der Waals surface area contributed by atoms with Crippen LogP contribution in [-0.4, -0.2) is 24.1 Å². The lowest BCUT2D eigenvalue weighted by atomic mass is 9.94. The number of hydrogen-bond acceptors (Lipinski definition) is 5. The van der Waals surface area contributed by atoms with E-state index in [0.717, 1.165) is 10.0 Å². The summed E-state index contributed by atoms with van der Waals surface area (Å²) in [6.45, 7) is 0. The van der Waals surface area contributed by atoms with Crippen LogP contribution in [0.3, 0.4) is 0 Å². The Bertz CT molecular complexity index is 807. The van der Waals surface area contributed by atoms with Crippen molar-refractivity contribution < 1.29 is 19.5 Å². The van der Waals surface area contributed by atoms with E-state index in [2.05, 4.69) is 26.4 Å². The van der Waals surface area contributed by atoms with Crippen molar-refractivity contribution in [1.29, 1.82) is 0 Å². The molecule has 0 saturated carbocycles. The number of para-hydroxylation sites is 1. The van der Waals surface area contributed by atoms with Gasteiger partial charge in [0.25, 0.3) is 0 Å². The van der Waals surface area contributed by atoms with Crippen LogP contribution in [0.5, 0.6) is 11.5 Å². The van der Waals surface area contributed by atoms with E-state index in [-0.39, 0.29) is 11.8 Å². The molecule has 2 N–H and O–H groups in total. The van der Waals surface area contributed by atoms with E-state index in [9.17, 15) is 10.0 Å². The molecule has 3 rings (SSSR count). The monoisotopic (exact) mass is 390 g/mol. The Morgan fingerprint density at radius 1 is 1.38 bits per heavy atom. The number of rotatable bonds is 3. The molecule has 124 valence electrons. The van der Waals surface area contributed by atoms with E-state index in [1.54, 1.807) is 18.2 Å². The highest BCUT2D eigenvalue weighted by molar-refractivity contribution is 9.10. The molecule has 0 spiro atoms. The summed E-state index contributed by atoms with van der Waals surface area (Å²) in [4.78, 5) is 12.6. The van der Waals surface area contributed by atoms with Gasteiger partial charge in [-0.2, -0.15) is 0 Å². The summed E-state index contributed by atoms with van der Waals surface area (Å²) in [6, 6.07) is 12.7. The van der Waals surface area contributed by atoms with Gasteiger partial charge in [0.2, 0.25) is 11.8 Å². The van der Waals surface area contributed by atoms with E-state index < -0.39 is 5.92 Å². The SMILES string of the molecule is COc1cccc2c1O/C(=N/O)[C@H](C(=O)Nc1cccc(Br)c1)C2. The predicted molar refractivity (Wildman–Crippen MR) is 92.8 cm³/mol. The summed E-state index contributed by atoms with van der Waals surface area (Å²) < 4.78 is 11.7. The maximum atomic E-state index is 12.6. The molecule has 2 aromatic carbocycles. The standard InChI is InChI=1S/C17H15BrN2O4/c1-23-14-7-2-4-10-8-13(17(20-22)24-15(10)14)16(21)19-12-6-3-5-11(18)9-12/h2-7,9,13,22H,8H2,1H3,(H,19,21)/b20-17+/t13-/m0/s1. The van der Waals surface area contributed by atoms with E-state index in [0.29, 0.717) is 23.6 Å². The minimum absolute atomic E-state index is 0.0560. The first kappa shape index (κ1) is 16.3. The Labute approximate surface area is 147 Å². The molecule has 0 unspecified atom stereocenters. The fourth-order valence-electron chi connectivity index (χ4n) is 2.57. The van der Waals surface area contributed by atoms with Gasteiger partial charge in [0.1, 0.15) is 5.92 Å². The molecule has 0 aliphatic carbocycles. The second kappa shape index (κ2) is 6.92. The third-order valence-electron chi connectivity index (χ3n) is 3.72. The van der Waals surface area contributed by atoms with Gasteiger partial charge in [-0.05, 0) is 30.7 Å². The minimum Gasteiger partial charge on any atom is -0.493 e. The Hall–Kier alpha value is -2.54. The van der Waals surface area contributed by atoms with Crippen LogP contribution in [0.2, 0.25) is 0 Å². The van der Waals surface area contributed by atoms with Gasteiger partial charge in [-0.25, -0.2) is 0 Å². The van der Waals surface area contributed by atoms with Crippen molar-refractivity contribution in [2.45, 2.75) is 6.42 Å². The van der Waals surface area contributed by atoms with Gasteiger partial charge in [-0.15, -0.1) is 0 Å². The van der Waals surface area contributed by atoms with Crippen molar-refractivity contribution >= 4 is 33.4 Å². The number of amides is 1. The van der Waals surface area contributed by atoms with Gasteiger partial charge in [0, 0.05) is 15.7 Å². The molecule has 2 aromatic rings. The predicted octanol–water partition coefficient (Wildman–Crippen LogP) is 3.44. The largest absolute Gasteiger partial charge is 0.493 e. The van der Waals surface area contributed by atoms with Gasteiger partial charge in [-0.3, -0.25) is 4.79 Å². The van der Waals surface area contributed by atoms with Crippen LogP contribution in [-0.2, 0) is 11.2 Å². The fraction of sp³-hybridized carbons (Fsp3) is 0.176. The van der Waals surface area contributed by atoms with Gasteiger partial charge in [0.05, 0.1) is 7.11 Å². The van der Waals surface area contributed by atoms with Crippen LogP contribution >= 0.6 is 15.9 Å². The van der Waals surface area contributed by atoms with Crippen molar-refractivity contribution in [3.8, 4) is 11.5 Å². The lowest BCUT2D eigenvalue weighted by Gasteiger charge is -2.26. The number of carbonyl (C=O) groups excluding carboxylic acids is 1. The number of nitrogens with zero attached hydrogens (tertiary/aromatic N) is 1. The van der Waals surface area contributed by atoms with Crippen molar-refractivity contribution in [3.63, 3.8) is 0 Å². The van der Waals surface area contributed by atoms with E-state index >= 15 is 0 Å². The number of oxime groups is 1. The first-order chi connectivity index (χ1) is 11.6. The summed E-state index contributed by atoms with van der Waals surface area (Å²) in [7, 11) is 1.53. The highest BCUT2D eigenvalue weighted by Crippen LogP contribution is 2.37. The molecule has 0 aromatic heterocycles. The molecule has 7 heteroatoms. The molecule has 6 nitrogen and oxygen atoms in total. The van der Waals surface area contributed by atoms with Crippen LogP contribution < -0.4 is 14.8 Å². The molecule has 1 atom stereocenters. The molecule has 0 bridgehead atoms. The molecular formula is C17H15BrN2O4. The zero-order chi connectivity index (χ0) is 17.1. The summed E-state index contributed by atoms with van der Waals surface area (Å²) >= 11 is 3.36. The van der Waals surface area contributed by atoms with Crippen LogP contribution in [0.4, 0.5) is 5.69 Å². The zero-order valence-electron chi connectivity index (χ0n) is 12.8. The Morgan fingerprint density at radius 3 is 2.88 bits per heavy atom. The van der Waals surface area contributed by atoms with Gasteiger partial charge in [-0.1, -0.05) is 39.3 Å². The average Bonchev–Trinajstić information content (AvgIpc) is 2.59. The third-order valence-corrected chi connectivity index (χ3v) is 4.21. The summed E-state index contributed by atoms with van der Waals surface area (Å²) in [6.07, 6.45) is 0.353. The zero-order valence-corrected chi connectivity index (χ0v) is 14.4. The Morgan fingerprint density at radius 2 is 2.17 bits per heavy atom. The minimum atomic E-state index is -0.728. The summed E-state index contributed by atoms with van der Waals surface area (Å²) in [5, 5.41) is 15.2. The highest BCUT2D eigenvalue weighted by atomic mass is 79.9. The molecule has 0 fully saturated rings. The van der Waals surface area contributed by atoms with Crippen LogP contribution in [0.25, 0.3) is 0 Å². The van der Waals surface area contributed by atoms with Gasteiger partial charge < -0.3 is 20.0 Å². The normalized spacial score (nSPS) is 17.8. The molecule has 1 aliphatic heterocycles. The Balaban J connectivity index is 1.86. The number of nitrogens with one attached hydrogen (secondary N) is 1.